The van der Waals surface area contributed by atoms with E-state index >= 15 is 0 Å². The van der Waals surface area contributed by atoms with Crippen molar-refractivity contribution in [1.29, 1.82) is 0 Å². The van der Waals surface area contributed by atoms with Crippen LogP contribution in [0.25, 0.3) is 0 Å². The van der Waals surface area contributed by atoms with Crippen LogP contribution in [0.15, 0.2) is 11.1 Å². The van der Waals surface area contributed by atoms with Gasteiger partial charge in [0.1, 0.15) is 0 Å². The van der Waals surface area contributed by atoms with E-state index in [4.69, 9.17) is 11.6 Å². The van der Waals surface area contributed by atoms with E-state index < -0.39 is 0 Å². The monoisotopic (exact) mass is 451 g/mol. The van der Waals surface area contributed by atoms with Crippen LogP contribution in [0, 0.1) is 29.1 Å². The van der Waals surface area contributed by atoms with Crippen molar-refractivity contribution in [1.82, 2.24) is 15.5 Å². The Morgan fingerprint density at radius 3 is 2.52 bits per heavy atom. The first kappa shape index (κ1) is 25.5. The average molecular weight is 452 g/mol. The highest BCUT2D eigenvalue weighted by molar-refractivity contribution is 6.29. The van der Waals surface area contributed by atoms with E-state index in [1.165, 1.54) is 77.5 Å². The second-order valence-corrected chi connectivity index (χ2v) is 12.3. The fraction of sp³-hybridized carbons (Fsp3) is 0.926. The molecule has 1 aliphatic heterocycles. The highest BCUT2D eigenvalue weighted by Gasteiger charge is 2.40. The van der Waals surface area contributed by atoms with E-state index in [1.807, 2.05) is 0 Å². The predicted molar refractivity (Wildman–Crippen MR) is 136 cm³/mol. The van der Waals surface area contributed by atoms with Crippen LogP contribution in [0.1, 0.15) is 85.5 Å². The van der Waals surface area contributed by atoms with Crippen LogP contribution in [-0.4, -0.2) is 50.2 Å². The second-order valence-electron chi connectivity index (χ2n) is 11.8. The molecule has 0 radical (unpaired) electrons. The number of hydrogen-bond donors (Lipinski definition) is 2. The molecule has 1 saturated carbocycles. The van der Waals surface area contributed by atoms with E-state index in [0.29, 0.717) is 17.4 Å². The number of allylic oxidation sites excluding steroid dienone is 2. The minimum absolute atomic E-state index is 0.393. The lowest BCUT2D eigenvalue weighted by atomic mass is 9.65. The maximum absolute atomic E-state index is 6.24. The molecule has 0 aromatic carbocycles. The summed E-state index contributed by atoms with van der Waals surface area (Å²) in [7, 11) is 0. The van der Waals surface area contributed by atoms with Crippen molar-refractivity contribution in [2.24, 2.45) is 29.1 Å². The average Bonchev–Trinajstić information content (AvgIpc) is 2.73. The topological polar surface area (TPSA) is 27.3 Å². The SMILES string of the molecule is CC(C)[C@H](CN1CCC(C2CC=C(Cl)CC2)C(C)(C)C1)NCCNCC1CCCCC1. The van der Waals surface area contributed by atoms with Gasteiger partial charge in [0, 0.05) is 37.3 Å². The first-order chi connectivity index (χ1) is 14.8. The molecule has 3 nitrogen and oxygen atoms in total. The van der Waals surface area contributed by atoms with Gasteiger partial charge in [-0.15, -0.1) is 0 Å². The Balaban J connectivity index is 1.39. The van der Waals surface area contributed by atoms with Crippen LogP contribution < -0.4 is 10.6 Å². The molecule has 0 amide bonds. The van der Waals surface area contributed by atoms with Gasteiger partial charge in [0.25, 0.3) is 0 Å². The van der Waals surface area contributed by atoms with Gasteiger partial charge in [-0.1, -0.05) is 64.6 Å². The zero-order valence-corrected chi connectivity index (χ0v) is 21.7. The summed E-state index contributed by atoms with van der Waals surface area (Å²) in [5.74, 6) is 3.26. The Bertz CT molecular complexity index is 553. The Morgan fingerprint density at radius 2 is 1.87 bits per heavy atom. The molecule has 3 aliphatic rings. The zero-order valence-electron chi connectivity index (χ0n) is 20.9. The number of likely N-dealkylation sites (tertiary alicyclic amines) is 1. The largest absolute Gasteiger partial charge is 0.315 e. The Hall–Kier alpha value is -0.0900. The Morgan fingerprint density at radius 1 is 1.10 bits per heavy atom. The molecule has 0 aromatic rings. The Kier molecular flexibility index (Phi) is 10.2. The minimum atomic E-state index is 0.393. The summed E-state index contributed by atoms with van der Waals surface area (Å²) >= 11 is 6.24. The van der Waals surface area contributed by atoms with Crippen LogP contribution in [0.3, 0.4) is 0 Å². The highest BCUT2D eigenvalue weighted by Crippen LogP contribution is 2.44. The van der Waals surface area contributed by atoms with E-state index in [1.54, 1.807) is 0 Å². The molecule has 3 atom stereocenters. The van der Waals surface area contributed by atoms with E-state index in [0.717, 1.165) is 42.3 Å². The number of halogens is 1. The summed E-state index contributed by atoms with van der Waals surface area (Å²) in [6, 6.07) is 0.584. The maximum Gasteiger partial charge on any atom is 0.0218 e. The molecule has 1 heterocycles. The molecule has 2 aliphatic carbocycles. The molecule has 1 saturated heterocycles. The van der Waals surface area contributed by atoms with Gasteiger partial charge in [0.05, 0.1) is 0 Å². The van der Waals surface area contributed by atoms with E-state index in [9.17, 15) is 0 Å². The predicted octanol–water partition coefficient (Wildman–Crippen LogP) is 6.04. The fourth-order valence-corrected chi connectivity index (χ4v) is 6.73. The summed E-state index contributed by atoms with van der Waals surface area (Å²) in [6.07, 6.45) is 14.4. The lowest BCUT2D eigenvalue weighted by Crippen LogP contribution is -2.53. The highest BCUT2D eigenvalue weighted by atomic mass is 35.5. The molecule has 2 unspecified atom stereocenters. The van der Waals surface area contributed by atoms with Crippen LogP contribution in [0.4, 0.5) is 0 Å². The van der Waals surface area contributed by atoms with Crippen LogP contribution in [-0.2, 0) is 0 Å². The number of hydrogen-bond acceptors (Lipinski definition) is 3. The normalized spacial score (nSPS) is 29.2. The summed E-state index contributed by atoms with van der Waals surface area (Å²) < 4.78 is 0. The molecule has 3 rings (SSSR count). The standard InChI is InChI=1S/C27H50ClN3/c1-21(2)26(30-16-15-29-18-22-8-6-5-7-9-22)19-31-17-14-25(27(3,4)20-31)23-10-12-24(28)13-11-23/h12,21-23,25-26,29-30H,5-11,13-20H2,1-4H3/t23?,25?,26-/m0/s1. The molecule has 4 heteroatoms. The zero-order chi connectivity index (χ0) is 22.3. The maximum atomic E-state index is 6.24. The first-order valence-electron chi connectivity index (χ1n) is 13.4. The van der Waals surface area contributed by atoms with Gasteiger partial charge in [-0.2, -0.15) is 0 Å². The van der Waals surface area contributed by atoms with Crippen LogP contribution in [0.2, 0.25) is 0 Å². The smallest absolute Gasteiger partial charge is 0.0218 e. The van der Waals surface area contributed by atoms with Crippen molar-refractivity contribution in [2.75, 3.05) is 39.3 Å². The summed E-state index contributed by atoms with van der Waals surface area (Å²) in [4.78, 5) is 2.75. The van der Waals surface area contributed by atoms with Gasteiger partial charge in [-0.3, -0.25) is 0 Å². The van der Waals surface area contributed by atoms with Gasteiger partial charge in [0.2, 0.25) is 0 Å². The molecule has 2 fully saturated rings. The lowest BCUT2D eigenvalue weighted by Gasteiger charge is -2.49. The van der Waals surface area contributed by atoms with Crippen molar-refractivity contribution >= 4 is 11.6 Å². The van der Waals surface area contributed by atoms with Crippen molar-refractivity contribution in [3.05, 3.63) is 11.1 Å². The number of nitrogens with zero attached hydrogens (tertiary/aromatic N) is 1. The molecule has 2 N–H and O–H groups in total. The summed E-state index contributed by atoms with van der Waals surface area (Å²) in [5.41, 5.74) is 0.393. The van der Waals surface area contributed by atoms with E-state index in [-0.39, 0.29) is 0 Å². The third-order valence-electron chi connectivity index (χ3n) is 8.48. The Labute approximate surface area is 198 Å². The second kappa shape index (κ2) is 12.4. The van der Waals surface area contributed by atoms with Crippen molar-refractivity contribution in [2.45, 2.75) is 91.5 Å². The van der Waals surface area contributed by atoms with Crippen molar-refractivity contribution < 1.29 is 0 Å². The molecular formula is C27H50ClN3. The minimum Gasteiger partial charge on any atom is -0.315 e. The fourth-order valence-electron chi connectivity index (χ4n) is 6.54. The first-order valence-corrected chi connectivity index (χ1v) is 13.7. The molecule has 180 valence electrons. The van der Waals surface area contributed by atoms with Crippen molar-refractivity contribution in [3.8, 4) is 0 Å². The quantitative estimate of drug-likeness (QED) is 0.396. The third-order valence-corrected chi connectivity index (χ3v) is 8.83. The van der Waals surface area contributed by atoms with Gasteiger partial charge in [-0.05, 0) is 80.7 Å². The van der Waals surface area contributed by atoms with Gasteiger partial charge in [0.15, 0.2) is 0 Å². The van der Waals surface area contributed by atoms with Gasteiger partial charge >= 0.3 is 0 Å². The van der Waals surface area contributed by atoms with Crippen LogP contribution in [0.5, 0.6) is 0 Å². The van der Waals surface area contributed by atoms with Gasteiger partial charge in [-0.25, -0.2) is 0 Å². The lowest BCUT2D eigenvalue weighted by molar-refractivity contribution is 0.0119. The van der Waals surface area contributed by atoms with E-state index in [2.05, 4.69) is 49.3 Å². The van der Waals surface area contributed by atoms with Gasteiger partial charge < -0.3 is 15.5 Å². The molecule has 0 aromatic heterocycles. The van der Waals surface area contributed by atoms with Crippen molar-refractivity contribution in [3.63, 3.8) is 0 Å². The van der Waals surface area contributed by atoms with Crippen LogP contribution >= 0.6 is 11.6 Å². The third kappa shape index (κ3) is 8.02. The number of nitrogens with one attached hydrogen (secondary N) is 2. The molecular weight excluding hydrogens is 402 g/mol. The number of rotatable bonds is 10. The molecule has 31 heavy (non-hydrogen) atoms. The molecule has 0 bridgehead atoms. The summed E-state index contributed by atoms with van der Waals surface area (Å²) in [5, 5.41) is 8.69. The number of piperidine rings is 1. The molecule has 0 spiro atoms. The summed E-state index contributed by atoms with van der Waals surface area (Å²) in [6.45, 7) is 16.9.